The lowest BCUT2D eigenvalue weighted by molar-refractivity contribution is 1.63. The molecule has 0 heteroatoms. The Morgan fingerprint density at radius 3 is 2.60 bits per heavy atom. The predicted molar refractivity (Wildman–Crippen MR) is 45.7 cm³/mol. The molecule has 0 saturated heterocycles. The van der Waals surface area contributed by atoms with Gasteiger partial charge in [0, 0.05) is 0 Å². The summed E-state index contributed by atoms with van der Waals surface area (Å²) < 4.78 is 7.06. The zero-order chi connectivity index (χ0) is 8.10. The minimum atomic E-state index is 0.852. The molecule has 50 valence electrons. The molecule has 1 aromatic rings. The van der Waals surface area contributed by atoms with Gasteiger partial charge in [-0.1, -0.05) is 49.5 Å². The SMILES string of the molecule is [2H]C=C(C=C)c1ccccc1. The molecule has 1 aromatic carbocycles. The molecule has 0 aliphatic rings. The second kappa shape index (κ2) is 3.02. The Labute approximate surface area is 62.9 Å². The normalized spacial score (nSPS) is 12.4. The molecule has 0 radical (unpaired) electrons. The molecule has 0 unspecified atom stereocenters. The summed E-state index contributed by atoms with van der Waals surface area (Å²) >= 11 is 0. The van der Waals surface area contributed by atoms with Crippen molar-refractivity contribution in [2.24, 2.45) is 0 Å². The molecule has 0 aliphatic carbocycles. The second-order valence-electron chi connectivity index (χ2n) is 2.03. The van der Waals surface area contributed by atoms with Crippen molar-refractivity contribution in [2.45, 2.75) is 0 Å². The largest absolute Gasteiger partial charge is 0.0985 e. The maximum absolute atomic E-state index is 7.06. The predicted octanol–water partition coefficient (Wildman–Crippen LogP) is 2.89. The van der Waals surface area contributed by atoms with Crippen LogP contribution in [0.4, 0.5) is 0 Å². The van der Waals surface area contributed by atoms with E-state index in [2.05, 4.69) is 6.58 Å². The van der Waals surface area contributed by atoms with Crippen LogP contribution in [0.5, 0.6) is 0 Å². The van der Waals surface area contributed by atoms with Crippen LogP contribution >= 0.6 is 0 Å². The molecule has 0 fully saturated rings. The zero-order valence-corrected chi connectivity index (χ0v) is 5.75. The van der Waals surface area contributed by atoms with E-state index in [-0.39, 0.29) is 0 Å². The number of allylic oxidation sites excluding steroid dienone is 2. The third kappa shape index (κ3) is 1.35. The summed E-state index contributed by atoms with van der Waals surface area (Å²) in [6.07, 6.45) is 1.68. The lowest BCUT2D eigenvalue weighted by atomic mass is 10.1. The van der Waals surface area contributed by atoms with Crippen LogP contribution in [0.25, 0.3) is 5.57 Å². The fourth-order valence-electron chi connectivity index (χ4n) is 0.748. The smallest absolute Gasteiger partial charge is 0.0544 e. The summed E-state index contributed by atoms with van der Waals surface area (Å²) in [5, 5.41) is 0. The van der Waals surface area contributed by atoms with E-state index < -0.39 is 0 Å². The van der Waals surface area contributed by atoms with E-state index in [4.69, 9.17) is 1.37 Å². The van der Waals surface area contributed by atoms with Crippen LogP contribution < -0.4 is 0 Å². The second-order valence-corrected chi connectivity index (χ2v) is 2.03. The average molecular weight is 131 g/mol. The summed E-state index contributed by atoms with van der Waals surface area (Å²) in [7, 11) is 0. The Bertz CT molecular complexity index is 259. The van der Waals surface area contributed by atoms with Crippen molar-refractivity contribution in [3.05, 3.63) is 55.1 Å². The average Bonchev–Trinajstić information content (AvgIpc) is 2.09. The fourth-order valence-corrected chi connectivity index (χ4v) is 0.748. The van der Waals surface area contributed by atoms with Gasteiger partial charge in [-0.3, -0.25) is 0 Å². The maximum atomic E-state index is 7.06. The van der Waals surface area contributed by atoms with E-state index in [0.717, 1.165) is 11.1 Å². The maximum Gasteiger partial charge on any atom is 0.0544 e. The first-order valence-electron chi connectivity index (χ1n) is 3.72. The Hall–Kier alpha value is -1.30. The van der Waals surface area contributed by atoms with Gasteiger partial charge in [0.05, 0.1) is 1.37 Å². The molecule has 0 N–H and O–H groups in total. The van der Waals surface area contributed by atoms with Crippen LogP contribution in [0, 0.1) is 0 Å². The first-order chi connectivity index (χ1) is 5.38. The minimum absolute atomic E-state index is 0.852. The van der Waals surface area contributed by atoms with Crippen molar-refractivity contribution in [3.8, 4) is 0 Å². The highest BCUT2D eigenvalue weighted by molar-refractivity contribution is 5.71. The zero-order valence-electron chi connectivity index (χ0n) is 6.75. The van der Waals surface area contributed by atoms with Crippen LogP contribution in [0.15, 0.2) is 49.5 Å². The van der Waals surface area contributed by atoms with Crippen LogP contribution in [-0.2, 0) is 0 Å². The Morgan fingerprint density at radius 1 is 1.40 bits per heavy atom. The van der Waals surface area contributed by atoms with E-state index in [1.165, 1.54) is 6.55 Å². The summed E-state index contributed by atoms with van der Waals surface area (Å²) in [5.41, 5.74) is 1.89. The van der Waals surface area contributed by atoms with E-state index in [1.54, 1.807) is 6.08 Å². The lowest BCUT2D eigenvalue weighted by Gasteiger charge is -1.96. The fraction of sp³-hybridized carbons (Fsp3) is 0. The molecule has 0 amide bonds. The van der Waals surface area contributed by atoms with Gasteiger partial charge in [-0.15, -0.1) is 0 Å². The van der Waals surface area contributed by atoms with Crippen molar-refractivity contribution in [1.82, 2.24) is 0 Å². The van der Waals surface area contributed by atoms with Gasteiger partial charge in [-0.2, -0.15) is 0 Å². The quantitative estimate of drug-likeness (QED) is 0.541. The van der Waals surface area contributed by atoms with Crippen molar-refractivity contribution in [3.63, 3.8) is 0 Å². The first-order valence-corrected chi connectivity index (χ1v) is 3.15. The van der Waals surface area contributed by atoms with Crippen LogP contribution in [-0.4, -0.2) is 0 Å². The highest BCUT2D eigenvalue weighted by Crippen LogP contribution is 2.10. The molecule has 0 spiro atoms. The number of hydrogen-bond acceptors (Lipinski definition) is 0. The number of benzene rings is 1. The first kappa shape index (κ1) is 5.48. The van der Waals surface area contributed by atoms with Gasteiger partial charge in [0.15, 0.2) is 0 Å². The third-order valence-corrected chi connectivity index (χ3v) is 1.33. The van der Waals surface area contributed by atoms with Crippen molar-refractivity contribution in [1.29, 1.82) is 0 Å². The molecular weight excluding hydrogens is 120 g/mol. The van der Waals surface area contributed by atoms with Crippen LogP contribution in [0.3, 0.4) is 0 Å². The van der Waals surface area contributed by atoms with Crippen LogP contribution in [0.1, 0.15) is 6.93 Å². The standard InChI is InChI=1S/C10H10/c1-3-9(2)10-7-5-4-6-8-10/h3-8H,1-2H2/i2D. The van der Waals surface area contributed by atoms with Crippen molar-refractivity contribution < 1.29 is 1.37 Å². The molecule has 0 heterocycles. The molecular formula is C10H10. The van der Waals surface area contributed by atoms with Crippen molar-refractivity contribution >= 4 is 5.57 Å². The Morgan fingerprint density at radius 2 is 2.10 bits per heavy atom. The van der Waals surface area contributed by atoms with Gasteiger partial charge in [0.25, 0.3) is 0 Å². The van der Waals surface area contributed by atoms with Gasteiger partial charge in [0.2, 0.25) is 0 Å². The monoisotopic (exact) mass is 131 g/mol. The molecule has 0 bridgehead atoms. The minimum Gasteiger partial charge on any atom is -0.0985 e. The molecule has 0 saturated carbocycles. The van der Waals surface area contributed by atoms with Crippen LogP contribution in [0.2, 0.25) is 0 Å². The molecule has 0 aliphatic heterocycles. The molecule has 0 nitrogen and oxygen atoms in total. The van der Waals surface area contributed by atoms with Gasteiger partial charge in [-0.05, 0) is 11.1 Å². The van der Waals surface area contributed by atoms with Gasteiger partial charge in [0.1, 0.15) is 0 Å². The topological polar surface area (TPSA) is 0 Å². The lowest BCUT2D eigenvalue weighted by Crippen LogP contribution is -1.74. The summed E-state index contributed by atoms with van der Waals surface area (Å²) in [6.45, 7) is 4.93. The molecule has 0 aromatic heterocycles. The molecule has 0 atom stereocenters. The molecule has 10 heavy (non-hydrogen) atoms. The highest BCUT2D eigenvalue weighted by Gasteiger charge is 1.88. The number of rotatable bonds is 2. The third-order valence-electron chi connectivity index (χ3n) is 1.33. The van der Waals surface area contributed by atoms with Crippen molar-refractivity contribution in [2.75, 3.05) is 0 Å². The van der Waals surface area contributed by atoms with E-state index in [1.807, 2.05) is 30.3 Å². The van der Waals surface area contributed by atoms with Gasteiger partial charge >= 0.3 is 0 Å². The van der Waals surface area contributed by atoms with E-state index >= 15 is 0 Å². The van der Waals surface area contributed by atoms with Gasteiger partial charge < -0.3 is 0 Å². The summed E-state index contributed by atoms with van der Waals surface area (Å²) in [5.74, 6) is 0. The van der Waals surface area contributed by atoms with Gasteiger partial charge in [-0.25, -0.2) is 0 Å². The highest BCUT2D eigenvalue weighted by atomic mass is 13.9. The van der Waals surface area contributed by atoms with E-state index in [0.29, 0.717) is 0 Å². The summed E-state index contributed by atoms with van der Waals surface area (Å²) in [4.78, 5) is 0. The summed E-state index contributed by atoms with van der Waals surface area (Å²) in [6, 6.07) is 9.77. The Balaban J connectivity index is 3.01. The molecule has 1 rings (SSSR count). The number of hydrogen-bond donors (Lipinski definition) is 0. The Kier molecular flexibility index (Phi) is 1.66. The van der Waals surface area contributed by atoms with E-state index in [9.17, 15) is 0 Å².